The Bertz CT molecular complexity index is 347. The summed E-state index contributed by atoms with van der Waals surface area (Å²) in [6, 6.07) is 0. The van der Waals surface area contributed by atoms with Gasteiger partial charge in [-0.25, -0.2) is 0 Å². The van der Waals surface area contributed by atoms with Gasteiger partial charge < -0.3 is 5.11 Å². The highest BCUT2D eigenvalue weighted by Gasteiger charge is 2.70. The third-order valence-corrected chi connectivity index (χ3v) is 5.55. The Morgan fingerprint density at radius 3 is 2.35 bits per heavy atom. The van der Waals surface area contributed by atoms with Crippen molar-refractivity contribution in [2.75, 3.05) is 6.54 Å². The predicted molar refractivity (Wildman–Crippen MR) is 59.0 cm³/mol. The van der Waals surface area contributed by atoms with E-state index < -0.39 is 11.4 Å². The molecule has 0 saturated heterocycles. The summed E-state index contributed by atoms with van der Waals surface area (Å²) in [4.78, 5) is 21.6. The number of hydrogen-bond acceptors (Lipinski definition) is 3. The molecule has 0 aromatic rings. The van der Waals surface area contributed by atoms with E-state index in [2.05, 4.69) is 0 Å². The first kappa shape index (κ1) is 11.0. The van der Waals surface area contributed by atoms with Gasteiger partial charge in [-0.3, -0.25) is 14.9 Å². The minimum absolute atomic E-state index is 0.00741. The number of carboxylic acid groups (broad SMARTS) is 1. The van der Waals surface area contributed by atoms with Crippen molar-refractivity contribution in [3.63, 3.8) is 0 Å². The summed E-state index contributed by atoms with van der Waals surface area (Å²) < 4.78 is 0. The molecule has 0 heterocycles. The second kappa shape index (κ2) is 3.43. The minimum Gasteiger partial charge on any atom is -0.481 e. The third kappa shape index (κ3) is 1.34. The fraction of sp³-hybridized carbons (Fsp3) is 0.917. The average molecular weight is 239 g/mol. The molecule has 0 aromatic heterocycles. The van der Waals surface area contributed by atoms with Crippen LogP contribution >= 0.6 is 0 Å². The number of carbonyl (C=O) groups is 1. The first-order valence-electron chi connectivity index (χ1n) is 6.38. The molecule has 5 nitrogen and oxygen atoms in total. The SMILES string of the molecule is O=C(O)C[C@]1(C[N+](=O)[O-])[C@@H]2CC[C@@H]3CC[C@H]1[C@@H]32. The first-order chi connectivity index (χ1) is 8.04. The highest BCUT2D eigenvalue weighted by atomic mass is 16.6. The van der Waals surface area contributed by atoms with Crippen LogP contribution in [-0.2, 0) is 4.79 Å². The molecule has 1 N–H and O–H groups in total. The van der Waals surface area contributed by atoms with Gasteiger partial charge in [-0.05, 0) is 49.4 Å². The molecule has 94 valence electrons. The van der Waals surface area contributed by atoms with E-state index in [9.17, 15) is 14.9 Å². The van der Waals surface area contributed by atoms with E-state index >= 15 is 0 Å². The molecule has 3 rings (SSSR count). The predicted octanol–water partition coefficient (Wildman–Crippen LogP) is 1.79. The van der Waals surface area contributed by atoms with E-state index in [0.717, 1.165) is 31.6 Å². The van der Waals surface area contributed by atoms with Crippen molar-refractivity contribution in [1.29, 1.82) is 0 Å². The normalized spacial score (nSPS) is 46.4. The van der Waals surface area contributed by atoms with Gasteiger partial charge in [0.2, 0.25) is 6.54 Å². The maximum Gasteiger partial charge on any atom is 0.304 e. The summed E-state index contributed by atoms with van der Waals surface area (Å²) in [7, 11) is 0. The van der Waals surface area contributed by atoms with Gasteiger partial charge in [0.05, 0.1) is 11.8 Å². The number of carboxylic acids is 1. The van der Waals surface area contributed by atoms with Crippen molar-refractivity contribution in [3.05, 3.63) is 10.1 Å². The lowest BCUT2D eigenvalue weighted by molar-refractivity contribution is -0.511. The second-order valence-corrected chi connectivity index (χ2v) is 6.00. The molecule has 0 unspecified atom stereocenters. The van der Waals surface area contributed by atoms with E-state index in [4.69, 9.17) is 5.11 Å². The molecule has 17 heavy (non-hydrogen) atoms. The van der Waals surface area contributed by atoms with Crippen LogP contribution in [0.5, 0.6) is 0 Å². The highest BCUT2D eigenvalue weighted by molar-refractivity contribution is 5.68. The number of hydrogen-bond donors (Lipinski definition) is 1. The Kier molecular flexibility index (Phi) is 2.22. The van der Waals surface area contributed by atoms with Crippen LogP contribution in [0.2, 0.25) is 0 Å². The number of nitro groups is 1. The summed E-state index contributed by atoms with van der Waals surface area (Å²) in [5.74, 6) is 1.08. The molecule has 0 radical (unpaired) electrons. The van der Waals surface area contributed by atoms with Gasteiger partial charge in [-0.15, -0.1) is 0 Å². The summed E-state index contributed by atoms with van der Waals surface area (Å²) in [5.41, 5.74) is -0.523. The van der Waals surface area contributed by atoms with Gasteiger partial charge in [0.25, 0.3) is 0 Å². The smallest absolute Gasteiger partial charge is 0.304 e. The Balaban J connectivity index is 1.89. The Morgan fingerprint density at radius 1 is 1.29 bits per heavy atom. The quantitative estimate of drug-likeness (QED) is 0.599. The molecule has 0 aliphatic heterocycles. The zero-order valence-electron chi connectivity index (χ0n) is 9.67. The lowest BCUT2D eigenvalue weighted by Gasteiger charge is -2.55. The van der Waals surface area contributed by atoms with Crippen LogP contribution in [0.3, 0.4) is 0 Å². The van der Waals surface area contributed by atoms with Crippen LogP contribution in [-0.4, -0.2) is 22.5 Å². The third-order valence-electron chi connectivity index (χ3n) is 5.55. The Hall–Kier alpha value is -1.13. The van der Waals surface area contributed by atoms with Crippen LogP contribution in [0.1, 0.15) is 32.1 Å². The summed E-state index contributed by atoms with van der Waals surface area (Å²) in [5, 5.41) is 19.9. The van der Waals surface area contributed by atoms with E-state index in [0.29, 0.717) is 17.8 Å². The molecule has 3 fully saturated rings. The Labute approximate surface area is 99.3 Å². The van der Waals surface area contributed by atoms with Crippen molar-refractivity contribution < 1.29 is 14.8 Å². The van der Waals surface area contributed by atoms with Gasteiger partial charge in [0.1, 0.15) is 0 Å². The van der Waals surface area contributed by atoms with E-state index in [1.807, 2.05) is 0 Å². The summed E-state index contributed by atoms with van der Waals surface area (Å²) in [6.07, 6.45) is 4.32. The first-order valence-corrected chi connectivity index (χ1v) is 6.38. The van der Waals surface area contributed by atoms with Crippen LogP contribution in [0, 0.1) is 39.2 Å². The molecular formula is C12H17NO4. The molecule has 3 aliphatic carbocycles. The molecular weight excluding hydrogens is 222 g/mol. The zero-order chi connectivity index (χ0) is 12.2. The maximum absolute atomic E-state index is 11.0. The Morgan fingerprint density at radius 2 is 1.88 bits per heavy atom. The molecule has 5 atom stereocenters. The average Bonchev–Trinajstić information content (AvgIpc) is 2.68. The standard InChI is InChI=1S/C12H17NO4/c14-10(15)5-12(6-13(16)17)8-3-1-7-2-4-9(12)11(7)8/h7-9,11H,1-6H2,(H,14,15)/t7-,8-,9+,11+,12+. The lowest BCUT2D eigenvalue weighted by atomic mass is 9.47. The number of aliphatic carboxylic acids is 1. The van der Waals surface area contributed by atoms with E-state index in [-0.39, 0.29) is 17.9 Å². The topological polar surface area (TPSA) is 80.4 Å². The highest BCUT2D eigenvalue weighted by Crippen LogP contribution is 2.72. The monoisotopic (exact) mass is 239 g/mol. The van der Waals surface area contributed by atoms with Crippen molar-refractivity contribution in [3.8, 4) is 0 Å². The molecule has 3 aliphatic rings. The fourth-order valence-electron chi connectivity index (χ4n) is 5.21. The van der Waals surface area contributed by atoms with Gasteiger partial charge >= 0.3 is 5.97 Å². The van der Waals surface area contributed by atoms with Crippen molar-refractivity contribution in [2.45, 2.75) is 32.1 Å². The molecule has 0 spiro atoms. The summed E-state index contributed by atoms with van der Waals surface area (Å²) in [6.45, 7) is -0.141. The second-order valence-electron chi connectivity index (χ2n) is 6.00. The van der Waals surface area contributed by atoms with Crippen LogP contribution < -0.4 is 0 Å². The van der Waals surface area contributed by atoms with Crippen LogP contribution in [0.15, 0.2) is 0 Å². The van der Waals surface area contributed by atoms with Gasteiger partial charge in [-0.2, -0.15) is 0 Å². The summed E-state index contributed by atoms with van der Waals surface area (Å²) >= 11 is 0. The number of nitrogens with zero attached hydrogens (tertiary/aromatic N) is 1. The maximum atomic E-state index is 11.0. The molecule has 0 amide bonds. The van der Waals surface area contributed by atoms with Gasteiger partial charge in [-0.1, -0.05) is 0 Å². The van der Waals surface area contributed by atoms with Crippen molar-refractivity contribution in [2.24, 2.45) is 29.1 Å². The van der Waals surface area contributed by atoms with Crippen LogP contribution in [0.25, 0.3) is 0 Å². The van der Waals surface area contributed by atoms with Crippen molar-refractivity contribution in [1.82, 2.24) is 0 Å². The largest absolute Gasteiger partial charge is 0.481 e. The lowest BCUT2D eigenvalue weighted by Crippen LogP contribution is -2.58. The molecule has 5 heteroatoms. The van der Waals surface area contributed by atoms with E-state index in [1.165, 1.54) is 0 Å². The van der Waals surface area contributed by atoms with Gasteiger partial charge in [0.15, 0.2) is 0 Å². The minimum atomic E-state index is -0.874. The molecule has 0 bridgehead atoms. The fourth-order valence-corrected chi connectivity index (χ4v) is 5.21. The van der Waals surface area contributed by atoms with Crippen molar-refractivity contribution >= 4 is 5.97 Å². The molecule has 0 aromatic carbocycles. The number of rotatable bonds is 4. The van der Waals surface area contributed by atoms with E-state index in [1.54, 1.807) is 0 Å². The zero-order valence-corrected chi connectivity index (χ0v) is 9.67. The van der Waals surface area contributed by atoms with Gasteiger partial charge in [0, 0.05) is 4.92 Å². The van der Waals surface area contributed by atoms with Crippen LogP contribution in [0.4, 0.5) is 0 Å². The molecule has 3 saturated carbocycles.